The van der Waals surface area contributed by atoms with Crippen molar-refractivity contribution in [3.63, 3.8) is 0 Å². The SMILES string of the molecule is CC(COC(=O)ON1C(=O)CCC1=O)CC(=O)ON1C(=O)CCC1=O. The van der Waals surface area contributed by atoms with Crippen LogP contribution in [0.4, 0.5) is 4.79 Å². The number of amides is 4. The Morgan fingerprint density at radius 1 is 0.880 bits per heavy atom. The van der Waals surface area contributed by atoms with Crippen molar-refractivity contribution in [1.29, 1.82) is 0 Å². The minimum atomic E-state index is -1.26. The summed E-state index contributed by atoms with van der Waals surface area (Å²) in [5.74, 6) is -3.82. The third-order valence-electron chi connectivity index (χ3n) is 3.37. The zero-order valence-electron chi connectivity index (χ0n) is 13.4. The highest BCUT2D eigenvalue weighted by molar-refractivity contribution is 6.02. The average molecular weight is 356 g/mol. The normalized spacial score (nSPS) is 18.6. The van der Waals surface area contributed by atoms with Gasteiger partial charge in [0.05, 0.1) is 13.0 Å². The summed E-state index contributed by atoms with van der Waals surface area (Å²) < 4.78 is 4.71. The number of hydrogen-bond donors (Lipinski definition) is 0. The molecule has 25 heavy (non-hydrogen) atoms. The molecule has 0 spiro atoms. The van der Waals surface area contributed by atoms with Gasteiger partial charge in [-0.3, -0.25) is 24.0 Å². The maximum absolute atomic E-state index is 11.7. The molecule has 0 bridgehead atoms. The second kappa shape index (κ2) is 7.73. The van der Waals surface area contributed by atoms with Crippen molar-refractivity contribution < 1.29 is 43.2 Å². The van der Waals surface area contributed by atoms with Crippen molar-refractivity contribution in [1.82, 2.24) is 10.1 Å². The highest BCUT2D eigenvalue weighted by Crippen LogP contribution is 2.15. The summed E-state index contributed by atoms with van der Waals surface area (Å²) in [4.78, 5) is 77.5. The fourth-order valence-electron chi connectivity index (χ4n) is 2.11. The Kier molecular flexibility index (Phi) is 5.67. The zero-order chi connectivity index (χ0) is 18.6. The highest BCUT2D eigenvalue weighted by Gasteiger charge is 2.34. The summed E-state index contributed by atoms with van der Waals surface area (Å²) in [5.41, 5.74) is 0. The molecular weight excluding hydrogens is 340 g/mol. The van der Waals surface area contributed by atoms with Gasteiger partial charge < -0.3 is 9.57 Å². The van der Waals surface area contributed by atoms with Gasteiger partial charge in [0.15, 0.2) is 0 Å². The van der Waals surface area contributed by atoms with E-state index in [0.717, 1.165) is 0 Å². The lowest BCUT2D eigenvalue weighted by Gasteiger charge is -2.16. The van der Waals surface area contributed by atoms with Crippen LogP contribution in [-0.4, -0.2) is 52.5 Å². The van der Waals surface area contributed by atoms with Crippen molar-refractivity contribution in [2.45, 2.75) is 39.0 Å². The number of carbonyl (C=O) groups excluding carboxylic acids is 6. The van der Waals surface area contributed by atoms with Gasteiger partial charge in [0.1, 0.15) is 0 Å². The molecule has 2 aliphatic heterocycles. The lowest BCUT2D eigenvalue weighted by atomic mass is 10.1. The molecule has 11 nitrogen and oxygen atoms in total. The van der Waals surface area contributed by atoms with Crippen molar-refractivity contribution >= 4 is 35.8 Å². The fourth-order valence-corrected chi connectivity index (χ4v) is 2.11. The molecule has 0 saturated carbocycles. The van der Waals surface area contributed by atoms with Crippen LogP contribution >= 0.6 is 0 Å². The van der Waals surface area contributed by atoms with Gasteiger partial charge in [-0.15, -0.1) is 5.06 Å². The molecule has 0 aliphatic carbocycles. The van der Waals surface area contributed by atoms with Gasteiger partial charge in [0.2, 0.25) is 0 Å². The topological polar surface area (TPSA) is 137 Å². The monoisotopic (exact) mass is 356 g/mol. The maximum atomic E-state index is 11.7. The number of hydroxylamine groups is 4. The summed E-state index contributed by atoms with van der Waals surface area (Å²) in [6.07, 6.45) is -1.58. The van der Waals surface area contributed by atoms with Gasteiger partial charge in [-0.25, -0.2) is 9.59 Å². The van der Waals surface area contributed by atoms with Crippen molar-refractivity contribution in [2.75, 3.05) is 6.61 Å². The summed E-state index contributed by atoms with van der Waals surface area (Å²) in [5, 5.41) is 0.765. The fraction of sp³-hybridized carbons (Fsp3) is 0.571. The first kappa shape index (κ1) is 18.4. The van der Waals surface area contributed by atoms with Crippen LogP contribution in [0.3, 0.4) is 0 Å². The number of nitrogens with zero attached hydrogens (tertiary/aromatic N) is 2. The standard InChI is InChI=1S/C14H16N2O9/c1-8(6-13(21)24-15-9(17)2-3-10(15)18)7-23-14(22)25-16-11(19)4-5-12(16)20/h8H,2-7H2,1H3. The van der Waals surface area contributed by atoms with Crippen molar-refractivity contribution in [2.24, 2.45) is 5.92 Å². The van der Waals surface area contributed by atoms with Gasteiger partial charge in [-0.05, 0) is 0 Å². The average Bonchev–Trinajstić information content (AvgIpc) is 3.03. The molecule has 2 rings (SSSR count). The quantitative estimate of drug-likeness (QED) is 0.469. The van der Waals surface area contributed by atoms with Crippen LogP contribution < -0.4 is 0 Å². The Balaban J connectivity index is 1.70. The number of rotatable bonds is 6. The molecule has 1 atom stereocenters. The summed E-state index contributed by atoms with van der Waals surface area (Å²) in [7, 11) is 0. The predicted molar refractivity (Wildman–Crippen MR) is 74.5 cm³/mol. The molecule has 0 aromatic carbocycles. The lowest BCUT2D eigenvalue weighted by molar-refractivity contribution is -0.198. The maximum Gasteiger partial charge on any atom is 0.533 e. The van der Waals surface area contributed by atoms with Gasteiger partial charge in [-0.1, -0.05) is 12.0 Å². The predicted octanol–water partition coefficient (Wildman–Crippen LogP) is -0.163. The molecule has 0 N–H and O–H groups in total. The summed E-state index contributed by atoms with van der Waals surface area (Å²) in [6.45, 7) is 1.29. The second-order valence-corrected chi connectivity index (χ2v) is 5.59. The van der Waals surface area contributed by atoms with Gasteiger partial charge in [0.25, 0.3) is 23.6 Å². The van der Waals surface area contributed by atoms with Crippen LogP contribution in [0.5, 0.6) is 0 Å². The van der Waals surface area contributed by atoms with E-state index in [1.165, 1.54) is 0 Å². The van der Waals surface area contributed by atoms with E-state index in [4.69, 9.17) is 4.74 Å². The molecule has 0 aromatic rings. The smallest absolute Gasteiger partial charge is 0.432 e. The van der Waals surface area contributed by atoms with Crippen LogP contribution in [0, 0.1) is 5.92 Å². The highest BCUT2D eigenvalue weighted by atomic mass is 16.8. The van der Waals surface area contributed by atoms with E-state index in [-0.39, 0.29) is 38.7 Å². The number of imide groups is 2. The van der Waals surface area contributed by atoms with Crippen molar-refractivity contribution in [3.8, 4) is 0 Å². The van der Waals surface area contributed by atoms with Crippen LogP contribution in [0.15, 0.2) is 0 Å². The molecule has 2 fully saturated rings. The molecule has 0 radical (unpaired) electrons. The number of carbonyl (C=O) groups is 6. The lowest BCUT2D eigenvalue weighted by Crippen LogP contribution is -2.33. The third-order valence-corrected chi connectivity index (χ3v) is 3.37. The first-order valence-electron chi connectivity index (χ1n) is 7.55. The number of ether oxygens (including phenoxy) is 1. The molecule has 136 valence electrons. The minimum Gasteiger partial charge on any atom is -0.432 e. The van der Waals surface area contributed by atoms with E-state index in [2.05, 4.69) is 9.68 Å². The Morgan fingerprint density at radius 2 is 1.32 bits per heavy atom. The van der Waals surface area contributed by atoms with Gasteiger partial charge in [0, 0.05) is 31.6 Å². The number of hydrogen-bond acceptors (Lipinski definition) is 9. The summed E-state index contributed by atoms with van der Waals surface area (Å²) >= 11 is 0. The molecular formula is C14H16N2O9. The van der Waals surface area contributed by atoms with Gasteiger partial charge in [-0.2, -0.15) is 0 Å². The molecule has 2 saturated heterocycles. The van der Waals surface area contributed by atoms with Crippen LogP contribution in [0.1, 0.15) is 39.0 Å². The third kappa shape index (κ3) is 4.75. The zero-order valence-corrected chi connectivity index (χ0v) is 13.4. The van der Waals surface area contributed by atoms with Crippen LogP contribution in [0.2, 0.25) is 0 Å². The summed E-state index contributed by atoms with van der Waals surface area (Å²) in [6, 6.07) is 0. The first-order chi connectivity index (χ1) is 11.8. The molecule has 4 amide bonds. The Bertz CT molecular complexity index is 598. The molecule has 1 unspecified atom stereocenters. The van der Waals surface area contributed by atoms with Gasteiger partial charge >= 0.3 is 12.1 Å². The van der Waals surface area contributed by atoms with E-state index < -0.39 is 41.7 Å². The molecule has 0 aromatic heterocycles. The Labute approximate surface area is 141 Å². The second-order valence-electron chi connectivity index (χ2n) is 5.59. The van der Waals surface area contributed by atoms with Crippen molar-refractivity contribution in [3.05, 3.63) is 0 Å². The Morgan fingerprint density at radius 3 is 1.80 bits per heavy atom. The Hall–Kier alpha value is -2.98. The van der Waals surface area contributed by atoms with E-state index in [9.17, 15) is 28.8 Å². The van der Waals surface area contributed by atoms with E-state index in [0.29, 0.717) is 10.1 Å². The minimum absolute atomic E-state index is 0.00937. The van der Waals surface area contributed by atoms with E-state index in [1.807, 2.05) is 0 Å². The van der Waals surface area contributed by atoms with E-state index >= 15 is 0 Å². The van der Waals surface area contributed by atoms with Crippen LogP contribution in [-0.2, 0) is 38.4 Å². The van der Waals surface area contributed by atoms with Crippen LogP contribution in [0.25, 0.3) is 0 Å². The molecule has 2 aliphatic rings. The molecule has 2 heterocycles. The largest absolute Gasteiger partial charge is 0.533 e. The molecule has 11 heteroatoms. The van der Waals surface area contributed by atoms with E-state index in [1.54, 1.807) is 6.92 Å². The first-order valence-corrected chi connectivity index (χ1v) is 7.55.